The maximum atomic E-state index is 13.3. The highest BCUT2D eigenvalue weighted by molar-refractivity contribution is 8.02. The molecule has 0 aliphatic heterocycles. The molecule has 0 radical (unpaired) electrons. The van der Waals surface area contributed by atoms with E-state index >= 15 is 0 Å². The van der Waals surface area contributed by atoms with Gasteiger partial charge in [0, 0.05) is 16.4 Å². The molecule has 0 aliphatic carbocycles. The van der Waals surface area contributed by atoms with Gasteiger partial charge in [-0.25, -0.2) is 4.98 Å². The lowest BCUT2D eigenvalue weighted by Crippen LogP contribution is -2.24. The smallest absolute Gasteiger partial charge is 0.263 e. The van der Waals surface area contributed by atoms with E-state index in [4.69, 9.17) is 4.98 Å². The van der Waals surface area contributed by atoms with Crippen LogP contribution in [-0.2, 0) is 13.0 Å². The summed E-state index contributed by atoms with van der Waals surface area (Å²) in [5, 5.41) is 1.63. The molecular formula is C20H24N2OS3. The number of aryl methyl sites for hydroxylation is 3. The maximum Gasteiger partial charge on any atom is 0.263 e. The molecule has 3 aromatic rings. The highest BCUT2D eigenvalue weighted by atomic mass is 32.2. The van der Waals surface area contributed by atoms with Crippen molar-refractivity contribution in [1.29, 1.82) is 0 Å². The van der Waals surface area contributed by atoms with Gasteiger partial charge in [0.1, 0.15) is 4.83 Å². The van der Waals surface area contributed by atoms with Crippen molar-refractivity contribution in [3.8, 4) is 0 Å². The molecule has 0 amide bonds. The van der Waals surface area contributed by atoms with Crippen molar-refractivity contribution in [2.45, 2.75) is 38.9 Å². The number of thiophene rings is 1. The standard InChI is InChI=1S/C20H24N2OS3/c1-5-16-14(3)17-18(26-16)21-20(25-11-10-24-4)22(19(17)23)12-15-8-6-13(2)7-9-15/h6-9H,5,10-12H2,1-4H3. The van der Waals surface area contributed by atoms with Crippen molar-refractivity contribution in [2.24, 2.45) is 0 Å². The van der Waals surface area contributed by atoms with E-state index in [9.17, 15) is 4.79 Å². The maximum absolute atomic E-state index is 13.3. The Morgan fingerprint density at radius 2 is 1.88 bits per heavy atom. The molecule has 1 aromatic carbocycles. The van der Waals surface area contributed by atoms with Gasteiger partial charge < -0.3 is 0 Å². The quantitative estimate of drug-likeness (QED) is 0.310. The van der Waals surface area contributed by atoms with E-state index in [1.807, 2.05) is 16.3 Å². The number of fused-ring (bicyclic) bond motifs is 1. The van der Waals surface area contributed by atoms with Crippen LogP contribution in [0.3, 0.4) is 0 Å². The van der Waals surface area contributed by atoms with Gasteiger partial charge in [-0.15, -0.1) is 11.3 Å². The summed E-state index contributed by atoms with van der Waals surface area (Å²) in [5.74, 6) is 2.00. The summed E-state index contributed by atoms with van der Waals surface area (Å²) in [7, 11) is 0. The average molecular weight is 405 g/mol. The molecule has 3 nitrogen and oxygen atoms in total. The monoisotopic (exact) mass is 404 g/mol. The number of rotatable bonds is 7. The van der Waals surface area contributed by atoms with E-state index in [-0.39, 0.29) is 5.56 Å². The molecule has 0 bridgehead atoms. The molecule has 6 heteroatoms. The van der Waals surface area contributed by atoms with Crippen LogP contribution in [0, 0.1) is 13.8 Å². The number of hydrogen-bond acceptors (Lipinski definition) is 5. The highest BCUT2D eigenvalue weighted by Crippen LogP contribution is 2.29. The lowest BCUT2D eigenvalue weighted by atomic mass is 10.1. The Morgan fingerprint density at radius 1 is 1.15 bits per heavy atom. The van der Waals surface area contributed by atoms with Gasteiger partial charge in [-0.05, 0) is 37.7 Å². The van der Waals surface area contributed by atoms with Crippen LogP contribution in [0.25, 0.3) is 10.2 Å². The van der Waals surface area contributed by atoms with E-state index < -0.39 is 0 Å². The van der Waals surface area contributed by atoms with Gasteiger partial charge in [0.15, 0.2) is 5.16 Å². The fourth-order valence-corrected chi connectivity index (χ4v) is 5.73. The normalized spacial score (nSPS) is 11.4. The van der Waals surface area contributed by atoms with Crippen molar-refractivity contribution < 1.29 is 0 Å². The van der Waals surface area contributed by atoms with Gasteiger partial charge in [-0.2, -0.15) is 11.8 Å². The third-order valence-electron chi connectivity index (χ3n) is 4.42. The van der Waals surface area contributed by atoms with Gasteiger partial charge in [0.2, 0.25) is 0 Å². The van der Waals surface area contributed by atoms with E-state index in [1.54, 1.807) is 23.1 Å². The molecule has 2 heterocycles. The SMILES string of the molecule is CCc1sc2nc(SCCSC)n(Cc3ccc(C)cc3)c(=O)c2c1C. The number of hydrogen-bond donors (Lipinski definition) is 0. The molecule has 138 valence electrons. The first kappa shape index (κ1) is 19.5. The van der Waals surface area contributed by atoms with Crippen LogP contribution in [0.1, 0.15) is 28.5 Å². The van der Waals surface area contributed by atoms with Gasteiger partial charge in [0.25, 0.3) is 5.56 Å². The first-order valence-corrected chi connectivity index (χ1v) is 11.9. The third kappa shape index (κ3) is 4.02. The molecule has 0 fully saturated rings. The minimum Gasteiger partial charge on any atom is -0.283 e. The largest absolute Gasteiger partial charge is 0.283 e. The number of benzene rings is 1. The van der Waals surface area contributed by atoms with Crippen molar-refractivity contribution >= 4 is 45.1 Å². The predicted molar refractivity (Wildman–Crippen MR) is 117 cm³/mol. The number of aromatic nitrogens is 2. The topological polar surface area (TPSA) is 34.9 Å². The van der Waals surface area contributed by atoms with Crippen molar-refractivity contribution in [3.05, 3.63) is 56.2 Å². The summed E-state index contributed by atoms with van der Waals surface area (Å²) in [6, 6.07) is 8.39. The van der Waals surface area contributed by atoms with Crippen LogP contribution in [0.5, 0.6) is 0 Å². The van der Waals surface area contributed by atoms with Crippen molar-refractivity contribution in [1.82, 2.24) is 9.55 Å². The minimum atomic E-state index is 0.0932. The molecule has 0 saturated carbocycles. The Labute approximate surface area is 167 Å². The molecule has 2 aromatic heterocycles. The summed E-state index contributed by atoms with van der Waals surface area (Å²) in [4.78, 5) is 20.3. The Balaban J connectivity index is 2.11. The second-order valence-electron chi connectivity index (χ2n) is 6.30. The Morgan fingerprint density at radius 3 is 2.54 bits per heavy atom. The van der Waals surface area contributed by atoms with Gasteiger partial charge in [-0.1, -0.05) is 48.5 Å². The van der Waals surface area contributed by atoms with Crippen LogP contribution >= 0.6 is 34.9 Å². The molecule has 0 spiro atoms. The summed E-state index contributed by atoms with van der Waals surface area (Å²) in [6.07, 6.45) is 3.05. The molecule has 0 aliphatic rings. The number of nitrogens with zero attached hydrogens (tertiary/aromatic N) is 2. The summed E-state index contributed by atoms with van der Waals surface area (Å²) in [5.41, 5.74) is 3.55. The van der Waals surface area contributed by atoms with Gasteiger partial charge in [-0.3, -0.25) is 9.36 Å². The fourth-order valence-electron chi connectivity index (χ4n) is 2.92. The van der Waals surface area contributed by atoms with E-state index in [1.165, 1.54) is 10.4 Å². The third-order valence-corrected chi connectivity index (χ3v) is 7.59. The second kappa shape index (κ2) is 8.63. The first-order chi connectivity index (χ1) is 12.5. The molecule has 0 unspecified atom stereocenters. The molecule has 26 heavy (non-hydrogen) atoms. The van der Waals surface area contributed by atoms with Crippen LogP contribution in [0.15, 0.2) is 34.2 Å². The molecule has 0 saturated heterocycles. The highest BCUT2D eigenvalue weighted by Gasteiger charge is 2.17. The van der Waals surface area contributed by atoms with Crippen LogP contribution < -0.4 is 5.56 Å². The summed E-state index contributed by atoms with van der Waals surface area (Å²) >= 11 is 5.17. The van der Waals surface area contributed by atoms with E-state index in [0.717, 1.165) is 44.4 Å². The van der Waals surface area contributed by atoms with Crippen LogP contribution in [0.4, 0.5) is 0 Å². The Bertz CT molecular complexity index is 958. The van der Waals surface area contributed by atoms with E-state index in [0.29, 0.717) is 6.54 Å². The lowest BCUT2D eigenvalue weighted by molar-refractivity contribution is 0.659. The Hall–Kier alpha value is -1.24. The molecule has 0 N–H and O–H groups in total. The van der Waals surface area contributed by atoms with Crippen molar-refractivity contribution in [2.75, 3.05) is 17.8 Å². The zero-order valence-corrected chi connectivity index (χ0v) is 18.1. The van der Waals surface area contributed by atoms with Crippen molar-refractivity contribution in [3.63, 3.8) is 0 Å². The van der Waals surface area contributed by atoms with Gasteiger partial charge in [0.05, 0.1) is 11.9 Å². The number of thioether (sulfide) groups is 2. The fraction of sp³-hybridized carbons (Fsp3) is 0.400. The minimum absolute atomic E-state index is 0.0932. The average Bonchev–Trinajstić information content (AvgIpc) is 2.96. The van der Waals surface area contributed by atoms with Crippen LogP contribution in [-0.4, -0.2) is 27.3 Å². The predicted octanol–water partition coefficient (Wildman–Crippen LogP) is 5.14. The van der Waals surface area contributed by atoms with E-state index in [2.05, 4.69) is 51.3 Å². The lowest BCUT2D eigenvalue weighted by Gasteiger charge is -2.12. The second-order valence-corrected chi connectivity index (χ2v) is 9.43. The Kier molecular flexibility index (Phi) is 6.48. The molecule has 0 atom stereocenters. The molecular weight excluding hydrogens is 380 g/mol. The summed E-state index contributed by atoms with van der Waals surface area (Å²) < 4.78 is 1.86. The zero-order valence-electron chi connectivity index (χ0n) is 15.7. The first-order valence-electron chi connectivity index (χ1n) is 8.75. The summed E-state index contributed by atoms with van der Waals surface area (Å²) in [6.45, 7) is 6.84. The zero-order chi connectivity index (χ0) is 18.7. The molecule has 3 rings (SSSR count). The van der Waals surface area contributed by atoms with Crippen LogP contribution in [0.2, 0.25) is 0 Å². The van der Waals surface area contributed by atoms with Gasteiger partial charge >= 0.3 is 0 Å².